The van der Waals surface area contributed by atoms with Gasteiger partial charge in [-0.25, -0.2) is 29.9 Å². The molecule has 3 aliphatic heterocycles. The number of unbranched alkanes of at least 4 members (excludes halogenated alkanes) is 6. The summed E-state index contributed by atoms with van der Waals surface area (Å²) >= 11 is 0. The highest BCUT2D eigenvalue weighted by molar-refractivity contribution is 6.09. The fourth-order valence-corrected chi connectivity index (χ4v) is 13.8. The minimum absolute atomic E-state index is 0.370. The summed E-state index contributed by atoms with van der Waals surface area (Å²) in [4.78, 5) is 41.0. The Balaban J connectivity index is 1.29. The fourth-order valence-electron chi connectivity index (χ4n) is 13.8. The van der Waals surface area contributed by atoms with E-state index in [2.05, 4.69) is 148 Å². The normalized spacial score (nSPS) is 14.8. The molecule has 4 aromatic carbocycles. The SMILES string of the molecule is CCCCC(CC)COc1cc2c(cc1OCC(CC)CCCC)-c1nc-2nc2nc(nc3[nH]c(nc4[nH]c(n1)c1cc(C5OCCO5)ccc41)c1cc(OCC(CC)CCCC)c(OCC(CC)CCCC)cc31)-c1cc(OCC(CC)CCCC)c(OCC(CC)CCCC)cc1-2. The Morgan fingerprint density at radius 1 is 0.323 bits per heavy atom. The first-order valence-electron chi connectivity index (χ1n) is 39.0. The van der Waals surface area contributed by atoms with Crippen molar-refractivity contribution < 1.29 is 37.9 Å². The van der Waals surface area contributed by atoms with Crippen LogP contribution in [0.2, 0.25) is 0 Å². The Bertz CT molecular complexity index is 3880. The Morgan fingerprint density at radius 3 is 0.879 bits per heavy atom. The van der Waals surface area contributed by atoms with Crippen LogP contribution in [0.3, 0.4) is 0 Å². The van der Waals surface area contributed by atoms with Crippen molar-refractivity contribution in [3.05, 3.63) is 60.2 Å². The van der Waals surface area contributed by atoms with Gasteiger partial charge >= 0.3 is 0 Å². The number of ether oxygens (including phenoxy) is 8. The second-order valence-electron chi connectivity index (χ2n) is 28.4. The highest BCUT2D eigenvalue weighted by Gasteiger charge is 2.30. The zero-order valence-electron chi connectivity index (χ0n) is 62.3. The van der Waals surface area contributed by atoms with Gasteiger partial charge in [-0.15, -0.1) is 0 Å². The van der Waals surface area contributed by atoms with Crippen molar-refractivity contribution >= 4 is 44.1 Å². The van der Waals surface area contributed by atoms with E-state index in [0.29, 0.717) is 169 Å². The van der Waals surface area contributed by atoms with Crippen molar-refractivity contribution in [2.24, 2.45) is 35.5 Å². The van der Waals surface area contributed by atoms with Gasteiger partial charge in [0.15, 0.2) is 64.1 Å². The minimum Gasteiger partial charge on any atom is -0.489 e. The Labute approximate surface area is 591 Å². The topological polar surface area (TPSA) is 183 Å². The second kappa shape index (κ2) is 37.6. The Hall–Kier alpha value is -7.04. The molecular formula is C83H118N8O8. The monoisotopic (exact) mass is 1350 g/mol. The van der Waals surface area contributed by atoms with Crippen molar-refractivity contribution in [2.45, 2.75) is 243 Å². The van der Waals surface area contributed by atoms with E-state index >= 15 is 0 Å². The maximum absolute atomic E-state index is 7.04. The van der Waals surface area contributed by atoms with Gasteiger partial charge in [-0.05, 0) is 116 Å². The van der Waals surface area contributed by atoms with Crippen LogP contribution in [0.15, 0.2) is 54.6 Å². The molecule has 1 fully saturated rings. The molecule has 6 atom stereocenters. The number of aromatic amines is 2. The van der Waals surface area contributed by atoms with Gasteiger partial charge < -0.3 is 47.9 Å². The van der Waals surface area contributed by atoms with E-state index in [4.69, 9.17) is 67.8 Å². The zero-order chi connectivity index (χ0) is 69.6. The molecule has 3 aromatic heterocycles. The predicted octanol–water partition coefficient (Wildman–Crippen LogP) is 22.5. The van der Waals surface area contributed by atoms with Crippen LogP contribution < -0.4 is 28.4 Å². The van der Waals surface area contributed by atoms with Crippen LogP contribution in [0.5, 0.6) is 34.5 Å². The molecule has 8 bridgehead atoms. The van der Waals surface area contributed by atoms with E-state index in [9.17, 15) is 0 Å². The highest BCUT2D eigenvalue weighted by Crippen LogP contribution is 2.47. The fraction of sp³-hybridized carbons (Fsp3) is 0.614. The molecule has 99 heavy (non-hydrogen) atoms. The van der Waals surface area contributed by atoms with Gasteiger partial charge in [-0.1, -0.05) is 211 Å². The van der Waals surface area contributed by atoms with Gasteiger partial charge in [-0.2, -0.15) is 0 Å². The molecule has 0 aliphatic carbocycles. The molecule has 10 rings (SSSR count). The number of hydrogen-bond donors (Lipinski definition) is 2. The molecule has 0 radical (unpaired) electrons. The minimum atomic E-state index is -0.530. The average Bonchev–Trinajstić information content (AvgIpc) is 1.60. The maximum atomic E-state index is 7.04. The van der Waals surface area contributed by atoms with Gasteiger partial charge in [0, 0.05) is 49.4 Å². The number of rotatable bonds is 43. The van der Waals surface area contributed by atoms with Crippen LogP contribution >= 0.6 is 0 Å². The van der Waals surface area contributed by atoms with E-state index in [0.717, 1.165) is 203 Å². The molecule has 1 saturated heterocycles. The lowest BCUT2D eigenvalue weighted by Crippen LogP contribution is -2.14. The number of fused-ring (bicyclic) bond motifs is 20. The van der Waals surface area contributed by atoms with Crippen molar-refractivity contribution in [2.75, 3.05) is 52.9 Å². The van der Waals surface area contributed by atoms with Gasteiger partial charge in [0.25, 0.3) is 0 Å². The molecule has 16 nitrogen and oxygen atoms in total. The number of H-pyrrole nitrogens is 2. The number of nitrogens with zero attached hydrogens (tertiary/aromatic N) is 6. The van der Waals surface area contributed by atoms with Gasteiger partial charge in [-0.3, -0.25) is 0 Å². The van der Waals surface area contributed by atoms with Gasteiger partial charge in [0.2, 0.25) is 0 Å². The second-order valence-corrected chi connectivity index (χ2v) is 28.4. The standard InChI is InChI=1S/C83H118N8O8/c1-13-25-31-54(19-7)48-94-69-42-63-64(43-70(69)95-49-55(20-8)32-26-14-2)79-87-77(63)85-75-61-38-37-60(83-92-39-40-93-83)41-62(61)76(84-75)86-78-65-44-71(96-50-56(21-9)33-27-15-3)72(97-51-57(22-10)34-28-16-4)45-66(65)80(88-78)90-82-68-47-74(99-53-59(24-12)36-30-18-6)73(46-67(68)81(89-79)91-82)98-52-58(23-11)35-29-17-5/h37-38,41-47,54-59,83H,13-36,39-40,48-53H2,1-12H3,(H2,84,85,86,87,88,89,90,91). The van der Waals surface area contributed by atoms with Crippen molar-refractivity contribution in [3.8, 4) is 80.0 Å². The first kappa shape index (κ1) is 74.6. The smallest absolute Gasteiger partial charge is 0.184 e. The van der Waals surface area contributed by atoms with Crippen LogP contribution in [0.1, 0.15) is 249 Å². The summed E-state index contributed by atoms with van der Waals surface area (Å²) in [6.07, 6.45) is 25.7. The summed E-state index contributed by atoms with van der Waals surface area (Å²) in [7, 11) is 0. The Kier molecular flexibility index (Phi) is 28.3. The van der Waals surface area contributed by atoms with Gasteiger partial charge in [0.1, 0.15) is 22.6 Å². The van der Waals surface area contributed by atoms with Crippen LogP contribution in [0, 0.1) is 35.5 Å². The molecule has 0 amide bonds. The van der Waals surface area contributed by atoms with E-state index in [1.807, 2.05) is 0 Å². The first-order valence-corrected chi connectivity index (χ1v) is 39.0. The Morgan fingerprint density at radius 2 is 0.586 bits per heavy atom. The van der Waals surface area contributed by atoms with Crippen LogP contribution in [0.4, 0.5) is 0 Å². The maximum Gasteiger partial charge on any atom is 0.184 e. The quantitative estimate of drug-likeness (QED) is 0.0368. The average molecular weight is 1360 g/mol. The largest absolute Gasteiger partial charge is 0.489 e. The van der Waals surface area contributed by atoms with E-state index < -0.39 is 6.29 Å². The summed E-state index contributed by atoms with van der Waals surface area (Å²) in [6, 6.07) is 18.8. The molecular weight excluding hydrogens is 1240 g/mol. The molecule has 0 spiro atoms. The summed E-state index contributed by atoms with van der Waals surface area (Å²) in [6.45, 7) is 31.4. The zero-order valence-corrected chi connectivity index (χ0v) is 62.3. The molecule has 3 aliphatic rings. The number of hydrogen-bond acceptors (Lipinski definition) is 14. The van der Waals surface area contributed by atoms with Crippen LogP contribution in [-0.2, 0) is 9.47 Å². The molecule has 16 heteroatoms. The van der Waals surface area contributed by atoms with Gasteiger partial charge in [0.05, 0.1) is 52.9 Å². The molecule has 0 saturated carbocycles. The summed E-state index contributed by atoms with van der Waals surface area (Å²) < 4.78 is 54.4. The van der Waals surface area contributed by atoms with Crippen LogP contribution in [-0.4, -0.2) is 92.7 Å². The van der Waals surface area contributed by atoms with E-state index in [1.165, 1.54) is 0 Å². The van der Waals surface area contributed by atoms with Crippen molar-refractivity contribution in [1.82, 2.24) is 39.9 Å². The molecule has 7 aromatic rings. The lowest BCUT2D eigenvalue weighted by atomic mass is 10.00. The van der Waals surface area contributed by atoms with Crippen molar-refractivity contribution in [3.63, 3.8) is 0 Å². The lowest BCUT2D eigenvalue weighted by molar-refractivity contribution is -0.0440. The number of benzene rings is 4. The van der Waals surface area contributed by atoms with Crippen LogP contribution in [0.25, 0.3) is 89.7 Å². The third kappa shape index (κ3) is 18.9. The molecule has 2 N–H and O–H groups in total. The number of nitrogens with one attached hydrogen (secondary N) is 2. The lowest BCUT2D eigenvalue weighted by Gasteiger charge is -2.21. The van der Waals surface area contributed by atoms with Crippen molar-refractivity contribution in [1.29, 1.82) is 0 Å². The number of aromatic nitrogens is 8. The summed E-state index contributed by atoms with van der Waals surface area (Å²) in [5.74, 6) is 8.00. The third-order valence-corrected chi connectivity index (χ3v) is 21.0. The third-order valence-electron chi connectivity index (χ3n) is 21.0. The highest BCUT2D eigenvalue weighted by atomic mass is 16.7. The summed E-state index contributed by atoms with van der Waals surface area (Å²) in [5, 5.41) is 3.28. The first-order chi connectivity index (χ1) is 48.5. The molecule has 6 unspecified atom stereocenters. The molecule has 6 heterocycles. The summed E-state index contributed by atoms with van der Waals surface area (Å²) in [5.41, 5.74) is 6.16. The van der Waals surface area contributed by atoms with E-state index in [1.54, 1.807) is 0 Å². The predicted molar refractivity (Wildman–Crippen MR) is 404 cm³/mol. The molecule has 538 valence electrons. The van der Waals surface area contributed by atoms with E-state index in [-0.39, 0.29) is 0 Å².